The van der Waals surface area contributed by atoms with Gasteiger partial charge in [0.2, 0.25) is 0 Å². The number of hydrogen-bond donors (Lipinski definition) is 2. The van der Waals surface area contributed by atoms with Crippen LogP contribution in [0, 0.1) is 5.41 Å². The first-order chi connectivity index (χ1) is 14.4. The maximum atomic E-state index is 12.8. The number of quaternary nitrogens is 1. The first kappa shape index (κ1) is 29.8. The second kappa shape index (κ2) is 13.4. The van der Waals surface area contributed by atoms with Crippen molar-refractivity contribution >= 4 is 38.3 Å². The third kappa shape index (κ3) is 10.8. The van der Waals surface area contributed by atoms with Crippen LogP contribution in [-0.4, -0.2) is 41.1 Å². The molecule has 2 aromatic rings. The molecule has 6 heteroatoms. The van der Waals surface area contributed by atoms with Crippen molar-refractivity contribution in [1.29, 1.82) is 0 Å². The van der Waals surface area contributed by atoms with Crippen molar-refractivity contribution < 1.29 is 9.32 Å². The van der Waals surface area contributed by atoms with Gasteiger partial charge in [-0.25, -0.2) is 4.21 Å². The van der Waals surface area contributed by atoms with Crippen LogP contribution in [0.4, 0.5) is 11.4 Å². The SMILES string of the molecule is CBr.CC(C)(C)CC(C)(C)S(=O)Nc1ccc([N+](C)(C)Cc2ccccc2)cc1.CO. The number of hydrogen-bond acceptors (Lipinski definition) is 2. The van der Waals surface area contributed by atoms with E-state index in [9.17, 15) is 4.21 Å². The minimum Gasteiger partial charge on any atom is -0.400 e. The van der Waals surface area contributed by atoms with Gasteiger partial charge >= 0.3 is 0 Å². The molecule has 0 spiro atoms. The molecule has 0 saturated heterocycles. The van der Waals surface area contributed by atoms with Gasteiger partial charge in [-0.3, -0.25) is 4.48 Å². The lowest BCUT2D eigenvalue weighted by atomic mass is 9.86. The van der Waals surface area contributed by atoms with Crippen LogP contribution in [0.25, 0.3) is 0 Å². The van der Waals surface area contributed by atoms with E-state index in [-0.39, 0.29) is 10.2 Å². The summed E-state index contributed by atoms with van der Waals surface area (Å²) in [4.78, 5) is 0. The summed E-state index contributed by atoms with van der Waals surface area (Å²) in [5.41, 5.74) is 3.58. The molecule has 0 aliphatic carbocycles. The van der Waals surface area contributed by atoms with Gasteiger partial charge in [0.05, 0.1) is 18.8 Å². The summed E-state index contributed by atoms with van der Waals surface area (Å²) in [5, 5.41) is 7.00. The number of rotatable bonds is 7. The highest BCUT2D eigenvalue weighted by Gasteiger charge is 2.31. The first-order valence-corrected chi connectivity index (χ1v) is 13.1. The van der Waals surface area contributed by atoms with Crippen LogP contribution >= 0.6 is 15.9 Å². The Kier molecular flexibility index (Phi) is 12.8. The summed E-state index contributed by atoms with van der Waals surface area (Å²) < 4.78 is 16.5. The topological polar surface area (TPSA) is 49.3 Å². The molecule has 0 amide bonds. The van der Waals surface area contributed by atoms with Crippen LogP contribution in [0.15, 0.2) is 54.6 Å². The van der Waals surface area contributed by atoms with Crippen LogP contribution in [0.1, 0.15) is 46.6 Å². The van der Waals surface area contributed by atoms with Gasteiger partial charge in [0, 0.05) is 30.5 Å². The smallest absolute Gasteiger partial charge is 0.132 e. The molecule has 0 radical (unpaired) electrons. The Bertz CT molecular complexity index is 770. The Morgan fingerprint density at radius 3 is 1.84 bits per heavy atom. The number of aliphatic hydroxyl groups is 1. The van der Waals surface area contributed by atoms with E-state index in [1.807, 2.05) is 24.0 Å². The van der Waals surface area contributed by atoms with Gasteiger partial charge < -0.3 is 9.83 Å². The number of aliphatic hydroxyl groups excluding tert-OH is 1. The molecule has 0 aliphatic heterocycles. The van der Waals surface area contributed by atoms with Gasteiger partial charge in [-0.2, -0.15) is 0 Å². The van der Waals surface area contributed by atoms with Crippen LogP contribution in [0.5, 0.6) is 0 Å². The molecule has 2 aromatic carbocycles. The van der Waals surface area contributed by atoms with E-state index in [0.717, 1.165) is 30.2 Å². The molecular weight excluding hydrogens is 472 g/mol. The normalized spacial score (nSPS) is 12.6. The molecule has 0 aromatic heterocycles. The highest BCUT2D eigenvalue weighted by Crippen LogP contribution is 2.32. The van der Waals surface area contributed by atoms with Gasteiger partial charge in [0.15, 0.2) is 0 Å². The minimum absolute atomic E-state index is 0.142. The monoisotopic (exact) mass is 513 g/mol. The van der Waals surface area contributed by atoms with Crippen molar-refractivity contribution in [3.8, 4) is 0 Å². The Morgan fingerprint density at radius 1 is 0.903 bits per heavy atom. The molecule has 1 unspecified atom stereocenters. The fraction of sp³-hybridized carbons (Fsp3) is 0.520. The number of nitrogens with zero attached hydrogens (tertiary/aromatic N) is 1. The van der Waals surface area contributed by atoms with E-state index in [4.69, 9.17) is 5.11 Å². The molecule has 2 N–H and O–H groups in total. The summed E-state index contributed by atoms with van der Waals surface area (Å²) in [6.07, 6.45) is 0.888. The number of benzene rings is 2. The molecule has 176 valence electrons. The molecular formula is C25H42BrN2O2S+. The lowest BCUT2D eigenvalue weighted by Gasteiger charge is -2.32. The van der Waals surface area contributed by atoms with Crippen LogP contribution in [0.3, 0.4) is 0 Å². The Morgan fingerprint density at radius 2 is 1.39 bits per heavy atom. The average Bonchev–Trinajstić information content (AvgIpc) is 2.70. The lowest BCUT2D eigenvalue weighted by Crippen LogP contribution is -2.39. The predicted molar refractivity (Wildman–Crippen MR) is 143 cm³/mol. The molecule has 0 bridgehead atoms. The highest BCUT2D eigenvalue weighted by atomic mass is 79.9. The quantitative estimate of drug-likeness (QED) is 0.334. The largest absolute Gasteiger partial charge is 0.400 e. The standard InChI is InChI=1S/C23H35N2OS.CH3Br.CH4O/c1-22(2,3)18-23(4,5)27(26)24-20-13-15-21(16-14-20)25(6,7)17-19-11-9-8-10-12-19;2*1-2/h8-16,24H,17-18H2,1-7H3;1H3;2H,1H3/q+1;;. The molecule has 2 rings (SSSR count). The van der Waals surface area contributed by atoms with Crippen molar-refractivity contribution in [1.82, 2.24) is 4.48 Å². The maximum Gasteiger partial charge on any atom is 0.132 e. The van der Waals surface area contributed by atoms with E-state index < -0.39 is 11.0 Å². The molecule has 31 heavy (non-hydrogen) atoms. The van der Waals surface area contributed by atoms with E-state index in [1.165, 1.54) is 11.3 Å². The zero-order valence-corrected chi connectivity index (χ0v) is 23.1. The van der Waals surface area contributed by atoms with Crippen molar-refractivity contribution in [3.05, 3.63) is 60.2 Å². The minimum atomic E-state index is -1.14. The van der Waals surface area contributed by atoms with Crippen LogP contribution in [0.2, 0.25) is 0 Å². The number of nitrogens with one attached hydrogen (secondary N) is 1. The van der Waals surface area contributed by atoms with Crippen molar-refractivity contribution in [2.24, 2.45) is 5.41 Å². The first-order valence-electron chi connectivity index (χ1n) is 10.4. The van der Waals surface area contributed by atoms with E-state index >= 15 is 0 Å². The Hall–Kier alpha value is -1.21. The molecule has 4 nitrogen and oxygen atoms in total. The third-order valence-corrected chi connectivity index (χ3v) is 6.22. The highest BCUT2D eigenvalue weighted by molar-refractivity contribution is 9.08. The second-order valence-corrected chi connectivity index (χ2v) is 11.6. The van der Waals surface area contributed by atoms with Crippen LogP contribution in [-0.2, 0) is 17.5 Å². The third-order valence-electron chi connectivity index (χ3n) is 4.66. The second-order valence-electron chi connectivity index (χ2n) is 9.74. The Labute approximate surface area is 201 Å². The van der Waals surface area contributed by atoms with Gasteiger partial charge in [0.1, 0.15) is 23.2 Å². The van der Waals surface area contributed by atoms with E-state index in [0.29, 0.717) is 0 Å². The summed E-state index contributed by atoms with van der Waals surface area (Å²) >= 11 is 2.94. The van der Waals surface area contributed by atoms with Gasteiger partial charge in [-0.05, 0) is 43.6 Å². The predicted octanol–water partition coefficient (Wildman–Crippen LogP) is 6.36. The summed E-state index contributed by atoms with van der Waals surface area (Å²) in [6, 6.07) is 18.8. The molecule has 0 heterocycles. The number of alkyl halides is 1. The van der Waals surface area contributed by atoms with Crippen molar-refractivity contribution in [3.63, 3.8) is 0 Å². The average molecular weight is 515 g/mol. The van der Waals surface area contributed by atoms with Crippen molar-refractivity contribution in [2.45, 2.75) is 52.3 Å². The zero-order chi connectivity index (χ0) is 24.3. The molecule has 1 atom stereocenters. The number of anilines is 1. The molecule has 0 saturated carbocycles. The lowest BCUT2D eigenvalue weighted by molar-refractivity contribution is 0.335. The number of halogens is 1. The van der Waals surface area contributed by atoms with E-state index in [2.05, 4.69) is 106 Å². The van der Waals surface area contributed by atoms with Gasteiger partial charge in [-0.15, -0.1) is 0 Å². The van der Waals surface area contributed by atoms with Gasteiger partial charge in [0.25, 0.3) is 0 Å². The van der Waals surface area contributed by atoms with Gasteiger partial charge in [-0.1, -0.05) is 67.0 Å². The summed E-state index contributed by atoms with van der Waals surface area (Å²) in [7, 11) is 4.27. The molecule has 0 fully saturated rings. The van der Waals surface area contributed by atoms with Crippen molar-refractivity contribution in [2.75, 3.05) is 31.8 Å². The Balaban J connectivity index is 0.00000212. The summed E-state index contributed by atoms with van der Waals surface area (Å²) in [5.74, 6) is 1.81. The summed E-state index contributed by atoms with van der Waals surface area (Å²) in [6.45, 7) is 11.6. The zero-order valence-electron chi connectivity index (χ0n) is 20.7. The van der Waals surface area contributed by atoms with E-state index in [1.54, 1.807) is 0 Å². The molecule has 0 aliphatic rings. The van der Waals surface area contributed by atoms with Crippen LogP contribution < -0.4 is 9.21 Å². The maximum absolute atomic E-state index is 12.8. The fourth-order valence-electron chi connectivity index (χ4n) is 3.65. The fourth-order valence-corrected chi connectivity index (χ4v) is 4.84.